The fraction of sp³-hybridized carbons (Fsp3) is 0.714. The van der Waals surface area contributed by atoms with Gasteiger partial charge in [-0.1, -0.05) is 12.5 Å². The lowest BCUT2D eigenvalue weighted by Crippen LogP contribution is -2.43. The van der Waals surface area contributed by atoms with E-state index in [0.717, 1.165) is 31.3 Å². The molecule has 17 heavy (non-hydrogen) atoms. The minimum absolute atomic E-state index is 0.0493. The minimum atomic E-state index is -0.216. The number of hydrogen-bond acceptors (Lipinski definition) is 3. The van der Waals surface area contributed by atoms with E-state index in [2.05, 4.69) is 6.92 Å². The van der Waals surface area contributed by atoms with Crippen molar-refractivity contribution in [1.29, 1.82) is 0 Å². The number of esters is 1. The zero-order valence-electron chi connectivity index (χ0n) is 10.8. The monoisotopic (exact) mass is 236 g/mol. The molecule has 3 heteroatoms. The van der Waals surface area contributed by atoms with Gasteiger partial charge in [0.1, 0.15) is 6.10 Å². The zero-order valence-corrected chi connectivity index (χ0v) is 10.8. The van der Waals surface area contributed by atoms with Crippen LogP contribution in [0.25, 0.3) is 0 Å². The second-order valence-electron chi connectivity index (χ2n) is 5.43. The van der Waals surface area contributed by atoms with Crippen LogP contribution in [-0.2, 0) is 14.3 Å². The molecule has 0 unspecified atom stereocenters. The second-order valence-corrected chi connectivity index (χ2v) is 5.43. The Bertz CT molecular complexity index is 394. The molecular formula is C14H20O3. The lowest BCUT2D eigenvalue weighted by molar-refractivity contribution is -0.154. The van der Waals surface area contributed by atoms with Crippen LogP contribution in [0.4, 0.5) is 0 Å². The van der Waals surface area contributed by atoms with Crippen molar-refractivity contribution in [2.75, 3.05) is 0 Å². The highest BCUT2D eigenvalue weighted by Crippen LogP contribution is 2.49. The standard InChI is InChI=1S/C14H20O3/c1-9-11-5-4-6-13(17-10(2)15)14(11,3)8-7-12(9)16/h13H,4-8H2,1-3H3/t13-,14+/m1/s1. The smallest absolute Gasteiger partial charge is 0.302 e. The molecule has 0 heterocycles. The lowest BCUT2D eigenvalue weighted by Gasteiger charge is -2.45. The SMILES string of the molecule is CC(=O)O[C@@H]1CCCC2=C(C)C(=O)CC[C@@]21C. The first-order chi connectivity index (χ1) is 7.95. The average molecular weight is 236 g/mol. The van der Waals surface area contributed by atoms with E-state index in [-0.39, 0.29) is 23.3 Å². The Kier molecular flexibility index (Phi) is 3.11. The highest BCUT2D eigenvalue weighted by Gasteiger charge is 2.45. The van der Waals surface area contributed by atoms with Crippen LogP contribution < -0.4 is 0 Å². The van der Waals surface area contributed by atoms with Gasteiger partial charge in [0, 0.05) is 18.8 Å². The summed E-state index contributed by atoms with van der Waals surface area (Å²) in [5.74, 6) is 0.0491. The first kappa shape index (κ1) is 12.3. The molecule has 0 bridgehead atoms. The number of Topliss-reactive ketones (excluding diaryl/α,β-unsaturated/α-hetero) is 1. The van der Waals surface area contributed by atoms with Crippen LogP contribution in [0.2, 0.25) is 0 Å². The third-order valence-corrected chi connectivity index (χ3v) is 4.34. The third kappa shape index (κ3) is 2.03. The van der Waals surface area contributed by atoms with Gasteiger partial charge in [-0.25, -0.2) is 0 Å². The zero-order chi connectivity index (χ0) is 12.6. The second kappa shape index (κ2) is 4.28. The number of rotatable bonds is 1. The van der Waals surface area contributed by atoms with Gasteiger partial charge in [0.15, 0.2) is 5.78 Å². The van der Waals surface area contributed by atoms with Crippen molar-refractivity contribution in [3.63, 3.8) is 0 Å². The number of ketones is 1. The van der Waals surface area contributed by atoms with E-state index in [1.807, 2.05) is 6.92 Å². The Balaban J connectivity index is 2.35. The molecule has 0 aromatic carbocycles. The molecule has 1 fully saturated rings. The summed E-state index contributed by atoms with van der Waals surface area (Å²) in [6, 6.07) is 0. The van der Waals surface area contributed by atoms with Gasteiger partial charge in [0.25, 0.3) is 0 Å². The Hall–Kier alpha value is -1.12. The van der Waals surface area contributed by atoms with E-state index >= 15 is 0 Å². The van der Waals surface area contributed by atoms with Gasteiger partial charge in [-0.15, -0.1) is 0 Å². The molecule has 3 nitrogen and oxygen atoms in total. The van der Waals surface area contributed by atoms with Crippen LogP contribution >= 0.6 is 0 Å². The highest BCUT2D eigenvalue weighted by molar-refractivity contribution is 5.96. The van der Waals surface area contributed by atoms with Crippen molar-refractivity contribution in [3.05, 3.63) is 11.1 Å². The lowest BCUT2D eigenvalue weighted by atomic mass is 9.62. The maximum absolute atomic E-state index is 11.8. The van der Waals surface area contributed by atoms with Crippen LogP contribution in [0.1, 0.15) is 52.9 Å². The molecule has 0 aromatic rings. The number of carbonyl (C=O) groups excluding carboxylic acids is 2. The summed E-state index contributed by atoms with van der Waals surface area (Å²) < 4.78 is 5.46. The Morgan fingerprint density at radius 2 is 2.12 bits per heavy atom. The summed E-state index contributed by atoms with van der Waals surface area (Å²) in [5, 5.41) is 0. The van der Waals surface area contributed by atoms with Gasteiger partial charge in [-0.2, -0.15) is 0 Å². The summed E-state index contributed by atoms with van der Waals surface area (Å²) in [4.78, 5) is 22.9. The van der Waals surface area contributed by atoms with Gasteiger partial charge in [0.05, 0.1) is 0 Å². The molecule has 2 aliphatic rings. The number of hydrogen-bond donors (Lipinski definition) is 0. The van der Waals surface area contributed by atoms with Gasteiger partial charge < -0.3 is 4.74 Å². The fourth-order valence-electron chi connectivity index (χ4n) is 3.31. The molecule has 1 saturated carbocycles. The number of ether oxygens (including phenoxy) is 1. The van der Waals surface area contributed by atoms with E-state index < -0.39 is 0 Å². The average Bonchev–Trinajstić information content (AvgIpc) is 2.26. The number of fused-ring (bicyclic) bond motifs is 1. The molecule has 0 saturated heterocycles. The van der Waals surface area contributed by atoms with Crippen LogP contribution in [-0.4, -0.2) is 17.9 Å². The molecular weight excluding hydrogens is 216 g/mol. The van der Waals surface area contributed by atoms with Crippen LogP contribution in [0.5, 0.6) is 0 Å². The predicted molar refractivity (Wildman–Crippen MR) is 64.5 cm³/mol. The van der Waals surface area contributed by atoms with Gasteiger partial charge in [-0.05, 0) is 38.2 Å². The molecule has 0 amide bonds. The quantitative estimate of drug-likeness (QED) is 0.657. The highest BCUT2D eigenvalue weighted by atomic mass is 16.5. The summed E-state index contributed by atoms with van der Waals surface area (Å²) in [6.45, 7) is 5.53. The van der Waals surface area contributed by atoms with Crippen molar-refractivity contribution >= 4 is 11.8 Å². The van der Waals surface area contributed by atoms with E-state index in [9.17, 15) is 9.59 Å². The van der Waals surface area contributed by atoms with E-state index in [1.54, 1.807) is 0 Å². The first-order valence-corrected chi connectivity index (χ1v) is 6.36. The molecule has 0 N–H and O–H groups in total. The molecule has 94 valence electrons. The topological polar surface area (TPSA) is 43.4 Å². The van der Waals surface area contributed by atoms with Crippen LogP contribution in [0.15, 0.2) is 11.1 Å². The summed E-state index contributed by atoms with van der Waals surface area (Å²) in [7, 11) is 0. The van der Waals surface area contributed by atoms with Gasteiger partial charge in [-0.3, -0.25) is 9.59 Å². The third-order valence-electron chi connectivity index (χ3n) is 4.34. The Morgan fingerprint density at radius 3 is 2.76 bits per heavy atom. The van der Waals surface area contributed by atoms with Crippen molar-refractivity contribution < 1.29 is 14.3 Å². The molecule has 2 aliphatic carbocycles. The van der Waals surface area contributed by atoms with Gasteiger partial charge in [0.2, 0.25) is 0 Å². The van der Waals surface area contributed by atoms with E-state index in [1.165, 1.54) is 12.5 Å². The predicted octanol–water partition coefficient (Wildman–Crippen LogP) is 2.79. The molecule has 2 rings (SSSR count). The normalized spacial score (nSPS) is 33.4. The van der Waals surface area contributed by atoms with Crippen LogP contribution in [0, 0.1) is 5.41 Å². The minimum Gasteiger partial charge on any atom is -0.462 e. The Labute approximate surface area is 102 Å². The van der Waals surface area contributed by atoms with E-state index in [0.29, 0.717) is 6.42 Å². The molecule has 0 spiro atoms. The van der Waals surface area contributed by atoms with Crippen LogP contribution in [0.3, 0.4) is 0 Å². The van der Waals surface area contributed by atoms with E-state index in [4.69, 9.17) is 4.74 Å². The number of carbonyl (C=O) groups is 2. The maximum Gasteiger partial charge on any atom is 0.302 e. The van der Waals surface area contributed by atoms with Crippen molar-refractivity contribution in [1.82, 2.24) is 0 Å². The Morgan fingerprint density at radius 1 is 1.41 bits per heavy atom. The summed E-state index contributed by atoms with van der Waals surface area (Å²) >= 11 is 0. The number of allylic oxidation sites excluding steroid dienone is 1. The summed E-state index contributed by atoms with van der Waals surface area (Å²) in [6.07, 6.45) is 4.26. The fourth-order valence-corrected chi connectivity index (χ4v) is 3.31. The van der Waals surface area contributed by atoms with Gasteiger partial charge >= 0.3 is 5.97 Å². The molecule has 2 atom stereocenters. The van der Waals surface area contributed by atoms with Crippen molar-refractivity contribution in [2.24, 2.45) is 5.41 Å². The molecule has 0 radical (unpaired) electrons. The van der Waals surface area contributed by atoms with Crippen molar-refractivity contribution in [2.45, 2.75) is 59.0 Å². The summed E-state index contributed by atoms with van der Waals surface area (Å²) in [5.41, 5.74) is 2.03. The van der Waals surface area contributed by atoms with Crippen molar-refractivity contribution in [3.8, 4) is 0 Å². The first-order valence-electron chi connectivity index (χ1n) is 6.36. The molecule has 0 aliphatic heterocycles. The molecule has 0 aromatic heterocycles. The largest absolute Gasteiger partial charge is 0.462 e. The maximum atomic E-state index is 11.8.